The fourth-order valence-electron chi connectivity index (χ4n) is 2.70. The van der Waals surface area contributed by atoms with Crippen LogP contribution < -0.4 is 4.72 Å². The molecule has 1 N–H and O–H groups in total. The normalized spacial score (nSPS) is 11.7. The van der Waals surface area contributed by atoms with Crippen LogP contribution in [0.4, 0.5) is 5.69 Å². The van der Waals surface area contributed by atoms with Gasteiger partial charge in [-0.3, -0.25) is 14.7 Å². The summed E-state index contributed by atoms with van der Waals surface area (Å²) in [5.41, 5.74) is 0.970. The van der Waals surface area contributed by atoms with Gasteiger partial charge in [0.1, 0.15) is 4.90 Å². The number of benzene rings is 2. The van der Waals surface area contributed by atoms with Gasteiger partial charge in [0, 0.05) is 34.7 Å². The van der Waals surface area contributed by atoms with Crippen LogP contribution in [0.1, 0.15) is 0 Å². The van der Waals surface area contributed by atoms with E-state index in [1.165, 1.54) is 0 Å². The molecule has 0 saturated heterocycles. The van der Waals surface area contributed by atoms with Gasteiger partial charge < -0.3 is 0 Å². The highest BCUT2D eigenvalue weighted by Crippen LogP contribution is 2.27. The third-order valence-electron chi connectivity index (χ3n) is 3.81. The molecule has 2 aromatic carbocycles. The highest BCUT2D eigenvalue weighted by atomic mass is 32.2. The van der Waals surface area contributed by atoms with Gasteiger partial charge in [0.2, 0.25) is 0 Å². The Kier molecular flexibility index (Phi) is 3.39. The molecular weight excluding hydrogens is 322 g/mol. The molecule has 0 amide bonds. The van der Waals surface area contributed by atoms with Crippen molar-refractivity contribution >= 4 is 37.4 Å². The third-order valence-corrected chi connectivity index (χ3v) is 5.21. The van der Waals surface area contributed by atoms with Crippen LogP contribution in [0.5, 0.6) is 0 Å². The first-order chi connectivity index (χ1) is 11.6. The van der Waals surface area contributed by atoms with Gasteiger partial charge in [-0.05, 0) is 24.3 Å². The quantitative estimate of drug-likeness (QED) is 0.621. The lowest BCUT2D eigenvalue weighted by molar-refractivity contribution is 0.602. The largest absolute Gasteiger partial charge is 0.279 e. The lowest BCUT2D eigenvalue weighted by Crippen LogP contribution is -2.14. The maximum absolute atomic E-state index is 12.9. The van der Waals surface area contributed by atoms with E-state index in [0.29, 0.717) is 11.2 Å². The van der Waals surface area contributed by atoms with Crippen LogP contribution in [0, 0.1) is 0 Å². The zero-order chi connectivity index (χ0) is 16.6. The SMILES string of the molecule is O=S(=O)(Nc1cccc2cnccc12)c1cccc2cccnc12. The van der Waals surface area contributed by atoms with Gasteiger partial charge in [-0.15, -0.1) is 0 Å². The van der Waals surface area contributed by atoms with Gasteiger partial charge in [-0.25, -0.2) is 8.42 Å². The second-order valence-corrected chi connectivity index (χ2v) is 6.99. The zero-order valence-electron chi connectivity index (χ0n) is 12.5. The molecule has 0 unspecified atom stereocenters. The molecule has 118 valence electrons. The summed E-state index contributed by atoms with van der Waals surface area (Å²) in [7, 11) is -3.76. The van der Waals surface area contributed by atoms with Crippen molar-refractivity contribution in [3.8, 4) is 0 Å². The van der Waals surface area contributed by atoms with E-state index in [-0.39, 0.29) is 4.90 Å². The van der Waals surface area contributed by atoms with Crippen molar-refractivity contribution in [3.63, 3.8) is 0 Å². The molecule has 0 fully saturated rings. The third kappa shape index (κ3) is 2.47. The lowest BCUT2D eigenvalue weighted by atomic mass is 10.1. The number of nitrogens with one attached hydrogen (secondary N) is 1. The standard InChI is InChI=1S/C18H13N3O2S/c22-24(23,17-8-2-4-13-6-3-10-20-18(13)17)21-16-7-1-5-14-12-19-11-9-15(14)16/h1-12,21H. The summed E-state index contributed by atoms with van der Waals surface area (Å²) in [6.45, 7) is 0. The maximum Gasteiger partial charge on any atom is 0.264 e. The second-order valence-electron chi connectivity index (χ2n) is 5.34. The highest BCUT2D eigenvalue weighted by molar-refractivity contribution is 7.93. The van der Waals surface area contributed by atoms with Crippen LogP contribution in [-0.4, -0.2) is 18.4 Å². The van der Waals surface area contributed by atoms with E-state index in [0.717, 1.165) is 16.2 Å². The van der Waals surface area contributed by atoms with Crippen LogP contribution in [0.25, 0.3) is 21.7 Å². The summed E-state index contributed by atoms with van der Waals surface area (Å²) in [5, 5.41) is 2.44. The number of pyridine rings is 2. The van der Waals surface area contributed by atoms with Crippen molar-refractivity contribution in [2.75, 3.05) is 4.72 Å². The average Bonchev–Trinajstić information content (AvgIpc) is 2.61. The predicted octanol–water partition coefficient (Wildman–Crippen LogP) is 3.58. The summed E-state index contributed by atoms with van der Waals surface area (Å²) < 4.78 is 28.5. The Hall–Kier alpha value is -2.99. The Morgan fingerprint density at radius 2 is 1.62 bits per heavy atom. The summed E-state index contributed by atoms with van der Waals surface area (Å²) in [4.78, 5) is 8.44. The fourth-order valence-corrected chi connectivity index (χ4v) is 3.96. The molecule has 2 aromatic heterocycles. The predicted molar refractivity (Wildman–Crippen MR) is 94.3 cm³/mol. The van der Waals surface area contributed by atoms with E-state index in [2.05, 4.69) is 14.7 Å². The number of aromatic nitrogens is 2. The van der Waals surface area contributed by atoms with Crippen molar-refractivity contribution < 1.29 is 8.42 Å². The first-order valence-electron chi connectivity index (χ1n) is 7.34. The van der Waals surface area contributed by atoms with Gasteiger partial charge in [0.25, 0.3) is 10.0 Å². The molecule has 0 atom stereocenters. The Bertz CT molecular complexity index is 1150. The van der Waals surface area contributed by atoms with Crippen molar-refractivity contribution in [3.05, 3.63) is 73.2 Å². The molecule has 4 rings (SSSR count). The lowest BCUT2D eigenvalue weighted by Gasteiger charge is -2.12. The van der Waals surface area contributed by atoms with Crippen LogP contribution in [0.3, 0.4) is 0 Å². The monoisotopic (exact) mass is 335 g/mol. The van der Waals surface area contributed by atoms with Gasteiger partial charge in [-0.1, -0.05) is 30.3 Å². The van der Waals surface area contributed by atoms with Gasteiger partial charge in [-0.2, -0.15) is 0 Å². The first kappa shape index (κ1) is 14.6. The van der Waals surface area contributed by atoms with Crippen molar-refractivity contribution in [1.82, 2.24) is 9.97 Å². The van der Waals surface area contributed by atoms with E-state index in [4.69, 9.17) is 0 Å². The number of fused-ring (bicyclic) bond motifs is 2. The molecule has 0 saturated carbocycles. The molecule has 0 bridgehead atoms. The minimum absolute atomic E-state index is 0.159. The van der Waals surface area contributed by atoms with Gasteiger partial charge in [0.05, 0.1) is 11.2 Å². The molecule has 2 heterocycles. The number of rotatable bonds is 3. The summed E-state index contributed by atoms with van der Waals surface area (Å²) in [6, 6.07) is 15.9. The molecule has 0 radical (unpaired) electrons. The first-order valence-corrected chi connectivity index (χ1v) is 8.83. The molecule has 4 aromatic rings. The van der Waals surface area contributed by atoms with Crippen LogP contribution in [0.2, 0.25) is 0 Å². The Balaban J connectivity index is 1.86. The van der Waals surface area contributed by atoms with Crippen molar-refractivity contribution in [1.29, 1.82) is 0 Å². The molecule has 24 heavy (non-hydrogen) atoms. The number of hydrogen-bond donors (Lipinski definition) is 1. The van der Waals surface area contributed by atoms with E-state index in [1.807, 2.05) is 18.2 Å². The minimum atomic E-state index is -3.76. The minimum Gasteiger partial charge on any atom is -0.279 e. The zero-order valence-corrected chi connectivity index (χ0v) is 13.4. The Morgan fingerprint density at radius 3 is 2.54 bits per heavy atom. The highest BCUT2D eigenvalue weighted by Gasteiger charge is 2.19. The van der Waals surface area contributed by atoms with E-state index < -0.39 is 10.0 Å². The van der Waals surface area contributed by atoms with Crippen LogP contribution in [0.15, 0.2) is 78.1 Å². The number of anilines is 1. The number of para-hydroxylation sites is 1. The smallest absolute Gasteiger partial charge is 0.264 e. The van der Waals surface area contributed by atoms with Gasteiger partial charge >= 0.3 is 0 Å². The topological polar surface area (TPSA) is 72.0 Å². The fraction of sp³-hybridized carbons (Fsp3) is 0. The summed E-state index contributed by atoms with van der Waals surface area (Å²) in [6.07, 6.45) is 4.93. The Labute approximate surface area is 139 Å². The number of sulfonamides is 1. The Morgan fingerprint density at radius 1 is 0.833 bits per heavy atom. The number of nitrogens with zero attached hydrogens (tertiary/aromatic N) is 2. The molecule has 0 aliphatic rings. The molecule has 6 heteroatoms. The molecule has 0 spiro atoms. The second kappa shape index (κ2) is 5.58. The van der Waals surface area contributed by atoms with Gasteiger partial charge in [0.15, 0.2) is 0 Å². The molecule has 0 aliphatic carbocycles. The van der Waals surface area contributed by atoms with Crippen LogP contribution >= 0.6 is 0 Å². The molecular formula is C18H13N3O2S. The number of hydrogen-bond acceptors (Lipinski definition) is 4. The average molecular weight is 335 g/mol. The van der Waals surface area contributed by atoms with E-state index in [1.54, 1.807) is 55.0 Å². The van der Waals surface area contributed by atoms with E-state index >= 15 is 0 Å². The van der Waals surface area contributed by atoms with Crippen LogP contribution in [-0.2, 0) is 10.0 Å². The van der Waals surface area contributed by atoms with Crippen molar-refractivity contribution in [2.45, 2.75) is 4.90 Å². The van der Waals surface area contributed by atoms with E-state index in [9.17, 15) is 8.42 Å². The maximum atomic E-state index is 12.9. The summed E-state index contributed by atoms with van der Waals surface area (Å²) >= 11 is 0. The molecule has 0 aliphatic heterocycles. The van der Waals surface area contributed by atoms with Crippen molar-refractivity contribution in [2.24, 2.45) is 0 Å². The summed E-state index contributed by atoms with van der Waals surface area (Å²) in [5.74, 6) is 0. The molecule has 5 nitrogen and oxygen atoms in total.